The maximum Gasteiger partial charge on any atom is 0.265 e. The summed E-state index contributed by atoms with van der Waals surface area (Å²) in [5.74, 6) is -1.53. The minimum Gasteiger partial charge on any atom is -0.507 e. The van der Waals surface area contributed by atoms with Gasteiger partial charge in [0.25, 0.3) is 5.88 Å². The largest absolute Gasteiger partial charge is 0.507 e. The lowest BCUT2D eigenvalue weighted by atomic mass is 9.51. The second-order valence-corrected chi connectivity index (χ2v) is 21.2. The SMILES string of the molecule is CCCCOc1ccc(N(C)C)c2c1C(O)=C1C(=O)[C@]3(O[Si](C)(C)C(C)(C)C)C(=O)c4c(OCCCC)noc4[C@@H](N(C)C)[C@@H]3C[C@]1(CN=[N+]=[N-])C2. The molecule has 1 N–H and O–H groups in total. The van der Waals surface area contributed by atoms with Crippen molar-refractivity contribution >= 4 is 31.3 Å². The van der Waals surface area contributed by atoms with Crippen molar-refractivity contribution in [2.24, 2.45) is 16.4 Å². The van der Waals surface area contributed by atoms with Crippen molar-refractivity contribution < 1.29 is 33.1 Å². The highest BCUT2D eigenvalue weighted by atomic mass is 28.4. The lowest BCUT2D eigenvalue weighted by Crippen LogP contribution is -2.70. The quantitative estimate of drug-likeness (QED) is 0.0501. The lowest BCUT2D eigenvalue weighted by Gasteiger charge is -2.58. The average molecular weight is 737 g/mol. The Morgan fingerprint density at radius 1 is 1.06 bits per heavy atom. The number of ether oxygens (including phenoxy) is 2. The fourth-order valence-corrected chi connectivity index (χ4v) is 9.38. The molecule has 3 aliphatic rings. The summed E-state index contributed by atoms with van der Waals surface area (Å²) in [5.41, 5.74) is 8.57. The van der Waals surface area contributed by atoms with Crippen LogP contribution < -0.4 is 14.4 Å². The number of fused-ring (bicyclic) bond motifs is 4. The van der Waals surface area contributed by atoms with Crippen LogP contribution in [0, 0.1) is 11.3 Å². The number of benzene rings is 1. The Kier molecular flexibility index (Phi) is 11.0. The molecule has 1 saturated carbocycles. The van der Waals surface area contributed by atoms with Crippen LogP contribution in [0.25, 0.3) is 16.2 Å². The van der Waals surface area contributed by atoms with Gasteiger partial charge in [-0.05, 0) is 86.3 Å². The van der Waals surface area contributed by atoms with Gasteiger partial charge in [-0.1, -0.05) is 52.6 Å². The molecular formula is C38H56N6O7Si. The number of aromatic nitrogens is 1. The average Bonchev–Trinajstić information content (AvgIpc) is 3.47. The molecule has 0 amide bonds. The van der Waals surface area contributed by atoms with Gasteiger partial charge in [0, 0.05) is 48.1 Å². The Balaban J connectivity index is 1.88. The summed E-state index contributed by atoms with van der Waals surface area (Å²) in [4.78, 5) is 38.4. The number of aliphatic hydroxyl groups is 1. The van der Waals surface area contributed by atoms with E-state index in [2.05, 4.69) is 42.9 Å². The zero-order valence-corrected chi connectivity index (χ0v) is 33.8. The molecule has 1 aromatic carbocycles. The van der Waals surface area contributed by atoms with Gasteiger partial charge < -0.3 is 28.4 Å². The van der Waals surface area contributed by atoms with Gasteiger partial charge in [-0.2, -0.15) is 0 Å². The predicted octanol–water partition coefficient (Wildman–Crippen LogP) is 8.07. The Labute approximate surface area is 308 Å². The van der Waals surface area contributed by atoms with Gasteiger partial charge in [-0.25, -0.2) is 0 Å². The molecule has 14 heteroatoms. The van der Waals surface area contributed by atoms with E-state index in [0.717, 1.165) is 36.9 Å². The van der Waals surface area contributed by atoms with Gasteiger partial charge in [0.2, 0.25) is 11.6 Å². The second kappa shape index (κ2) is 14.5. The zero-order chi connectivity index (χ0) is 38.4. The third kappa shape index (κ3) is 6.31. The van der Waals surface area contributed by atoms with Crippen molar-refractivity contribution in [2.45, 2.75) is 103 Å². The number of Topliss-reactive ketones (excluding diaryl/α,β-unsaturated/α-hetero) is 2. The summed E-state index contributed by atoms with van der Waals surface area (Å²) in [5, 5.41) is 20.5. The summed E-state index contributed by atoms with van der Waals surface area (Å²) < 4.78 is 25.5. The zero-order valence-electron chi connectivity index (χ0n) is 32.8. The van der Waals surface area contributed by atoms with Crippen molar-refractivity contribution in [3.05, 3.63) is 50.6 Å². The van der Waals surface area contributed by atoms with E-state index < -0.39 is 47.9 Å². The van der Waals surface area contributed by atoms with Crippen LogP contribution in [0.15, 0.2) is 27.3 Å². The molecule has 0 radical (unpaired) electrons. The molecule has 1 aromatic heterocycles. The summed E-state index contributed by atoms with van der Waals surface area (Å²) in [6.07, 6.45) is 3.74. The fourth-order valence-electron chi connectivity index (χ4n) is 7.93. The number of nitrogens with zero attached hydrogens (tertiary/aromatic N) is 6. The minimum absolute atomic E-state index is 0.0258. The lowest BCUT2D eigenvalue weighted by molar-refractivity contribution is -0.143. The Hall–Kier alpha value is -3.84. The highest BCUT2D eigenvalue weighted by molar-refractivity contribution is 6.74. The first-order chi connectivity index (χ1) is 24.4. The van der Waals surface area contributed by atoms with Crippen LogP contribution in [0.5, 0.6) is 11.6 Å². The molecule has 2 aromatic rings. The van der Waals surface area contributed by atoms with E-state index in [-0.39, 0.29) is 42.2 Å². The number of unbranched alkanes of at least 4 members (excludes halogenated alkanes) is 2. The van der Waals surface area contributed by atoms with Crippen molar-refractivity contribution in [3.63, 3.8) is 0 Å². The standard InChI is InChI=1S/C38H56N6O7Si/c1-12-14-18-48-26-17-16-25(43(6)7)23-20-37(22-40-42-39)21-24-30(44(8)9)32-28(35(41-50-32)49-19-15-13-2)33(46)38(24,51-52(10,11)36(3,4)5)34(47)29(37)31(45)27(23)26/h16-17,24,30,45H,12-15,18-22H2,1-11H3/t24-,30-,37-,38+/m0/s1. The number of hydrogen-bond acceptors (Lipinski definition) is 11. The number of azide groups is 1. The molecule has 0 unspecified atom stereocenters. The van der Waals surface area contributed by atoms with Crippen LogP contribution in [-0.2, 0) is 15.6 Å². The van der Waals surface area contributed by atoms with E-state index in [1.807, 2.05) is 70.1 Å². The fraction of sp³-hybridized carbons (Fsp3) is 0.658. The molecule has 1 fully saturated rings. The topological polar surface area (TPSA) is 163 Å². The summed E-state index contributed by atoms with van der Waals surface area (Å²) in [7, 11) is 4.64. The maximum absolute atomic E-state index is 15.9. The molecule has 1 heterocycles. The van der Waals surface area contributed by atoms with Crippen LogP contribution in [0.1, 0.15) is 100 Å². The maximum atomic E-state index is 15.9. The molecule has 0 aliphatic heterocycles. The van der Waals surface area contributed by atoms with Crippen LogP contribution >= 0.6 is 0 Å². The first kappa shape index (κ1) is 39.4. The Morgan fingerprint density at radius 2 is 1.71 bits per heavy atom. The number of ketones is 2. The number of anilines is 1. The van der Waals surface area contributed by atoms with Crippen molar-refractivity contribution in [2.75, 3.05) is 52.8 Å². The number of aliphatic hydroxyl groups excluding tert-OH is 1. The van der Waals surface area contributed by atoms with Crippen LogP contribution in [0.2, 0.25) is 18.1 Å². The van der Waals surface area contributed by atoms with E-state index in [4.69, 9.17) is 18.4 Å². The van der Waals surface area contributed by atoms with Crippen molar-refractivity contribution in [1.29, 1.82) is 0 Å². The molecule has 5 rings (SSSR count). The molecule has 13 nitrogen and oxygen atoms in total. The van der Waals surface area contributed by atoms with E-state index in [1.54, 1.807) is 0 Å². The Morgan fingerprint density at radius 3 is 2.29 bits per heavy atom. The highest BCUT2D eigenvalue weighted by Gasteiger charge is 2.71. The smallest absolute Gasteiger partial charge is 0.265 e. The van der Waals surface area contributed by atoms with Gasteiger partial charge >= 0.3 is 0 Å². The second-order valence-electron chi connectivity index (χ2n) is 16.5. The number of carbonyl (C=O) groups is 2. The first-order valence-corrected chi connectivity index (χ1v) is 21.3. The molecule has 0 spiro atoms. The summed E-state index contributed by atoms with van der Waals surface area (Å²) >= 11 is 0. The number of carbonyl (C=O) groups excluding carboxylic acids is 2. The van der Waals surface area contributed by atoms with Crippen molar-refractivity contribution in [1.82, 2.24) is 10.1 Å². The monoisotopic (exact) mass is 736 g/mol. The number of hydrogen-bond donors (Lipinski definition) is 1. The first-order valence-electron chi connectivity index (χ1n) is 18.4. The third-order valence-corrected chi connectivity index (χ3v) is 16.0. The van der Waals surface area contributed by atoms with Gasteiger partial charge in [0.05, 0.1) is 24.8 Å². The molecule has 4 atom stereocenters. The van der Waals surface area contributed by atoms with Crippen LogP contribution in [0.4, 0.5) is 5.69 Å². The van der Waals surface area contributed by atoms with Crippen molar-refractivity contribution in [3.8, 4) is 11.6 Å². The Bertz CT molecular complexity index is 1790. The summed E-state index contributed by atoms with van der Waals surface area (Å²) in [6, 6.07) is 3.11. The predicted molar refractivity (Wildman–Crippen MR) is 203 cm³/mol. The van der Waals surface area contributed by atoms with Crippen LogP contribution in [0.3, 0.4) is 0 Å². The van der Waals surface area contributed by atoms with Crippen LogP contribution in [-0.4, -0.2) is 88.6 Å². The number of rotatable bonds is 14. The van der Waals surface area contributed by atoms with Gasteiger partial charge in [0.1, 0.15) is 17.1 Å². The molecule has 52 heavy (non-hydrogen) atoms. The summed E-state index contributed by atoms with van der Waals surface area (Å²) in [6.45, 7) is 14.9. The van der Waals surface area contributed by atoms with E-state index in [9.17, 15) is 10.6 Å². The highest BCUT2D eigenvalue weighted by Crippen LogP contribution is 2.63. The van der Waals surface area contributed by atoms with E-state index in [1.165, 1.54) is 0 Å². The van der Waals surface area contributed by atoms with Gasteiger partial charge in [-0.15, -0.1) is 0 Å². The van der Waals surface area contributed by atoms with E-state index in [0.29, 0.717) is 30.3 Å². The third-order valence-electron chi connectivity index (χ3n) is 11.6. The molecular weight excluding hydrogens is 681 g/mol. The minimum atomic E-state index is -2.93. The molecule has 3 aliphatic carbocycles. The van der Waals surface area contributed by atoms with Gasteiger partial charge in [-0.3, -0.25) is 14.5 Å². The molecule has 284 valence electrons. The molecule has 0 saturated heterocycles. The normalized spacial score (nSPS) is 24.2. The van der Waals surface area contributed by atoms with Gasteiger partial charge in [0.15, 0.2) is 19.7 Å². The molecule has 0 bridgehead atoms. The van der Waals surface area contributed by atoms with E-state index >= 15 is 9.59 Å².